The molecule has 4 nitrogen and oxygen atoms in total. The standard InChI is InChI=1S/C8H9FN2O2.C2H6/c1-4-3-5(9)6(8(12)13)11-7(4)10-2;1-2/h3H,1-2H3,(H,10,11)(H,12,13);1-2H3. The summed E-state index contributed by atoms with van der Waals surface area (Å²) >= 11 is 0. The lowest BCUT2D eigenvalue weighted by Crippen LogP contribution is -2.08. The second-order valence-corrected chi connectivity index (χ2v) is 2.54. The molecule has 1 aromatic rings. The van der Waals surface area contributed by atoms with Gasteiger partial charge in [-0.3, -0.25) is 0 Å². The van der Waals surface area contributed by atoms with Gasteiger partial charge >= 0.3 is 5.97 Å². The van der Waals surface area contributed by atoms with E-state index in [0.29, 0.717) is 11.4 Å². The van der Waals surface area contributed by atoms with Gasteiger partial charge in [0.1, 0.15) is 5.82 Å². The maximum atomic E-state index is 12.9. The summed E-state index contributed by atoms with van der Waals surface area (Å²) in [6.45, 7) is 5.65. The lowest BCUT2D eigenvalue weighted by Gasteiger charge is -2.05. The molecule has 0 spiro atoms. The summed E-state index contributed by atoms with van der Waals surface area (Å²) in [6, 6.07) is 1.14. The third kappa shape index (κ3) is 3.19. The fraction of sp³-hybridized carbons (Fsp3) is 0.400. The first-order valence-electron chi connectivity index (χ1n) is 4.64. The summed E-state index contributed by atoms with van der Waals surface area (Å²) in [5, 5.41) is 11.2. The summed E-state index contributed by atoms with van der Waals surface area (Å²) in [5.41, 5.74) is 0.0138. The second kappa shape index (κ2) is 5.95. The van der Waals surface area contributed by atoms with Crippen LogP contribution in [0, 0.1) is 12.7 Å². The minimum Gasteiger partial charge on any atom is -0.476 e. The van der Waals surface area contributed by atoms with E-state index in [9.17, 15) is 9.18 Å². The van der Waals surface area contributed by atoms with Crippen molar-refractivity contribution in [2.24, 2.45) is 0 Å². The van der Waals surface area contributed by atoms with Crippen LogP contribution in [0.3, 0.4) is 0 Å². The van der Waals surface area contributed by atoms with E-state index in [1.807, 2.05) is 13.8 Å². The minimum absolute atomic E-state index is 0.374. The van der Waals surface area contributed by atoms with Gasteiger partial charge < -0.3 is 10.4 Å². The van der Waals surface area contributed by atoms with E-state index >= 15 is 0 Å². The quantitative estimate of drug-likeness (QED) is 0.792. The minimum atomic E-state index is -1.37. The molecule has 5 heteroatoms. The lowest BCUT2D eigenvalue weighted by atomic mass is 10.2. The Labute approximate surface area is 88.2 Å². The van der Waals surface area contributed by atoms with Crippen molar-refractivity contribution in [3.63, 3.8) is 0 Å². The molecule has 0 aliphatic carbocycles. The first-order valence-corrected chi connectivity index (χ1v) is 4.64. The number of hydrogen-bond acceptors (Lipinski definition) is 3. The van der Waals surface area contributed by atoms with Crippen LogP contribution in [0.15, 0.2) is 6.07 Å². The molecule has 0 aliphatic heterocycles. The van der Waals surface area contributed by atoms with Gasteiger partial charge in [0.25, 0.3) is 0 Å². The van der Waals surface area contributed by atoms with Crippen LogP contribution in [0.4, 0.5) is 10.2 Å². The van der Waals surface area contributed by atoms with Crippen molar-refractivity contribution in [3.05, 3.63) is 23.1 Å². The molecule has 1 heterocycles. The van der Waals surface area contributed by atoms with Crippen LogP contribution in [-0.4, -0.2) is 23.1 Å². The first-order chi connectivity index (χ1) is 7.06. The number of aryl methyl sites for hydroxylation is 1. The molecule has 0 fully saturated rings. The number of aromatic carboxylic acids is 1. The number of pyridine rings is 1. The average molecular weight is 214 g/mol. The molecule has 0 unspecified atom stereocenters. The first kappa shape index (κ1) is 13.4. The molecule has 0 aliphatic rings. The van der Waals surface area contributed by atoms with Crippen LogP contribution in [0.25, 0.3) is 0 Å². The second-order valence-electron chi connectivity index (χ2n) is 2.54. The average Bonchev–Trinajstić information content (AvgIpc) is 2.20. The summed E-state index contributed by atoms with van der Waals surface area (Å²) in [4.78, 5) is 14.1. The van der Waals surface area contributed by atoms with Gasteiger partial charge in [0.2, 0.25) is 0 Å². The Morgan fingerprint density at radius 1 is 1.53 bits per heavy atom. The van der Waals surface area contributed by atoms with Crippen molar-refractivity contribution < 1.29 is 14.3 Å². The van der Waals surface area contributed by atoms with Crippen LogP contribution < -0.4 is 5.32 Å². The molecule has 0 bridgehead atoms. The topological polar surface area (TPSA) is 62.2 Å². The van der Waals surface area contributed by atoms with Gasteiger partial charge in [-0.25, -0.2) is 14.2 Å². The lowest BCUT2D eigenvalue weighted by molar-refractivity contribution is 0.0685. The Bertz CT molecular complexity index is 354. The van der Waals surface area contributed by atoms with Gasteiger partial charge in [-0.15, -0.1) is 0 Å². The van der Waals surface area contributed by atoms with E-state index in [1.165, 1.54) is 0 Å². The number of nitrogens with one attached hydrogen (secondary N) is 1. The van der Waals surface area contributed by atoms with Crippen molar-refractivity contribution in [2.75, 3.05) is 12.4 Å². The van der Waals surface area contributed by atoms with E-state index in [-0.39, 0.29) is 0 Å². The summed E-state index contributed by atoms with van der Waals surface area (Å²) in [7, 11) is 1.60. The van der Waals surface area contributed by atoms with Gasteiger partial charge in [-0.2, -0.15) is 0 Å². The monoisotopic (exact) mass is 214 g/mol. The van der Waals surface area contributed by atoms with Gasteiger partial charge in [0.05, 0.1) is 0 Å². The molecule has 0 amide bonds. The van der Waals surface area contributed by atoms with Gasteiger partial charge in [-0.05, 0) is 18.6 Å². The largest absolute Gasteiger partial charge is 0.476 e. The van der Waals surface area contributed by atoms with Crippen LogP contribution in [0.1, 0.15) is 29.9 Å². The summed E-state index contributed by atoms with van der Waals surface area (Å²) < 4.78 is 12.9. The SMILES string of the molecule is CC.CNc1nc(C(=O)O)c(F)cc1C. The van der Waals surface area contributed by atoms with E-state index in [2.05, 4.69) is 10.3 Å². The fourth-order valence-electron chi connectivity index (χ4n) is 0.983. The van der Waals surface area contributed by atoms with E-state index in [0.717, 1.165) is 6.07 Å². The molecule has 84 valence electrons. The zero-order chi connectivity index (χ0) is 12.0. The number of aromatic nitrogens is 1. The zero-order valence-corrected chi connectivity index (χ0v) is 9.26. The van der Waals surface area contributed by atoms with Gasteiger partial charge in [0, 0.05) is 7.05 Å². The van der Waals surface area contributed by atoms with Crippen LogP contribution in [0.2, 0.25) is 0 Å². The summed E-state index contributed by atoms with van der Waals surface area (Å²) in [5.74, 6) is -1.81. The number of carboxylic acids is 1. The number of carbonyl (C=O) groups is 1. The number of nitrogens with zero attached hydrogens (tertiary/aromatic N) is 1. The Morgan fingerprint density at radius 2 is 2.07 bits per heavy atom. The molecule has 0 radical (unpaired) electrons. The van der Waals surface area contributed by atoms with Crippen molar-refractivity contribution in [1.29, 1.82) is 0 Å². The van der Waals surface area contributed by atoms with Crippen molar-refractivity contribution in [3.8, 4) is 0 Å². The smallest absolute Gasteiger partial charge is 0.357 e. The summed E-state index contributed by atoms with van der Waals surface area (Å²) in [6.07, 6.45) is 0. The maximum absolute atomic E-state index is 12.9. The Balaban J connectivity index is 0.000000921. The molecular formula is C10H15FN2O2. The van der Waals surface area contributed by atoms with Crippen LogP contribution >= 0.6 is 0 Å². The number of anilines is 1. The molecule has 1 aromatic heterocycles. The normalized spacial score (nSPS) is 8.87. The molecule has 15 heavy (non-hydrogen) atoms. The van der Waals surface area contributed by atoms with Crippen molar-refractivity contribution in [2.45, 2.75) is 20.8 Å². The highest BCUT2D eigenvalue weighted by atomic mass is 19.1. The van der Waals surface area contributed by atoms with Crippen molar-refractivity contribution in [1.82, 2.24) is 4.98 Å². The molecule has 0 aromatic carbocycles. The van der Waals surface area contributed by atoms with Crippen LogP contribution in [-0.2, 0) is 0 Å². The van der Waals surface area contributed by atoms with Crippen molar-refractivity contribution >= 4 is 11.8 Å². The number of carboxylic acid groups (broad SMARTS) is 1. The highest BCUT2D eigenvalue weighted by Gasteiger charge is 2.14. The third-order valence-corrected chi connectivity index (χ3v) is 1.61. The molecule has 0 saturated carbocycles. The predicted octanol–water partition coefficient (Wildman–Crippen LogP) is 2.30. The Hall–Kier alpha value is -1.65. The Kier molecular flexibility index (Phi) is 5.30. The molecule has 0 saturated heterocycles. The highest BCUT2D eigenvalue weighted by Crippen LogP contribution is 2.14. The zero-order valence-electron chi connectivity index (χ0n) is 9.26. The predicted molar refractivity (Wildman–Crippen MR) is 56.8 cm³/mol. The van der Waals surface area contributed by atoms with E-state index in [4.69, 9.17) is 5.11 Å². The molecule has 1 rings (SSSR count). The van der Waals surface area contributed by atoms with E-state index in [1.54, 1.807) is 14.0 Å². The van der Waals surface area contributed by atoms with Gasteiger partial charge in [0.15, 0.2) is 11.5 Å². The van der Waals surface area contributed by atoms with E-state index < -0.39 is 17.5 Å². The number of halogens is 1. The number of hydrogen-bond donors (Lipinski definition) is 2. The fourth-order valence-corrected chi connectivity index (χ4v) is 0.983. The van der Waals surface area contributed by atoms with Gasteiger partial charge in [-0.1, -0.05) is 13.8 Å². The number of rotatable bonds is 2. The van der Waals surface area contributed by atoms with Crippen LogP contribution in [0.5, 0.6) is 0 Å². The Morgan fingerprint density at radius 3 is 2.47 bits per heavy atom. The molecule has 2 N–H and O–H groups in total. The maximum Gasteiger partial charge on any atom is 0.357 e. The molecular weight excluding hydrogens is 199 g/mol. The third-order valence-electron chi connectivity index (χ3n) is 1.61. The molecule has 0 atom stereocenters. The highest BCUT2D eigenvalue weighted by molar-refractivity contribution is 5.86.